The van der Waals surface area contributed by atoms with E-state index in [0.29, 0.717) is 34.5 Å². The molecule has 0 fully saturated rings. The van der Waals surface area contributed by atoms with Crippen LogP contribution >= 0.6 is 0 Å². The second kappa shape index (κ2) is 5.83. The van der Waals surface area contributed by atoms with E-state index in [-0.39, 0.29) is 6.10 Å². The quantitative estimate of drug-likeness (QED) is 0.508. The van der Waals surface area contributed by atoms with Gasteiger partial charge in [0.2, 0.25) is 11.7 Å². The number of H-pyrrole nitrogens is 1. The van der Waals surface area contributed by atoms with Crippen LogP contribution in [0.4, 0.5) is 0 Å². The fourth-order valence-electron chi connectivity index (χ4n) is 2.80. The second-order valence-electron chi connectivity index (χ2n) is 5.97. The van der Waals surface area contributed by atoms with Crippen molar-refractivity contribution in [1.29, 1.82) is 0 Å². The number of aromatic nitrogens is 9. The van der Waals surface area contributed by atoms with E-state index in [2.05, 4.69) is 40.8 Å². The molecule has 5 aromatic rings. The van der Waals surface area contributed by atoms with E-state index < -0.39 is 0 Å². The Labute approximate surface area is 151 Å². The van der Waals surface area contributed by atoms with Gasteiger partial charge in [0.15, 0.2) is 11.3 Å². The van der Waals surface area contributed by atoms with Crippen molar-refractivity contribution in [1.82, 2.24) is 45.4 Å². The van der Waals surface area contributed by atoms with Gasteiger partial charge in [-0.3, -0.25) is 10.1 Å². The minimum atomic E-state index is -0.369. The summed E-state index contributed by atoms with van der Waals surface area (Å²) in [5, 5.41) is 29.0. The first kappa shape index (κ1) is 15.4. The Morgan fingerprint density at radius 1 is 1.22 bits per heavy atom. The molecule has 27 heavy (non-hydrogen) atoms. The Morgan fingerprint density at radius 3 is 2.93 bits per heavy atom. The molecular formula is C16H13N9O2. The molecule has 5 rings (SSSR count). The standard InChI is InChI=1S/C16H13N9O2/c1-8-5-12(23-27-8)15-21-20-14-10-3-4-17-6-11(10)16(22-25(14)15)26-9(2)13-7-18-24-19-13/h3-7,9H,1-2H3,(H,18,19,24). The summed E-state index contributed by atoms with van der Waals surface area (Å²) < 4.78 is 12.8. The van der Waals surface area contributed by atoms with E-state index in [9.17, 15) is 0 Å². The van der Waals surface area contributed by atoms with E-state index in [1.807, 2.05) is 19.9 Å². The molecule has 0 aliphatic rings. The van der Waals surface area contributed by atoms with Crippen LogP contribution < -0.4 is 4.74 Å². The lowest BCUT2D eigenvalue weighted by Gasteiger charge is -2.13. The summed E-state index contributed by atoms with van der Waals surface area (Å²) in [6.07, 6.45) is 4.67. The molecule has 134 valence electrons. The smallest absolute Gasteiger partial charge is 0.242 e. The monoisotopic (exact) mass is 363 g/mol. The molecule has 0 saturated carbocycles. The van der Waals surface area contributed by atoms with Crippen LogP contribution in [0.5, 0.6) is 5.88 Å². The molecule has 0 aromatic carbocycles. The van der Waals surface area contributed by atoms with E-state index >= 15 is 0 Å². The van der Waals surface area contributed by atoms with Crippen LogP contribution in [0, 0.1) is 6.92 Å². The van der Waals surface area contributed by atoms with Crippen molar-refractivity contribution in [3.05, 3.63) is 42.2 Å². The molecule has 0 aliphatic heterocycles. The zero-order chi connectivity index (χ0) is 18.4. The highest BCUT2D eigenvalue weighted by molar-refractivity contribution is 5.96. The van der Waals surface area contributed by atoms with E-state index in [4.69, 9.17) is 9.26 Å². The summed E-state index contributed by atoms with van der Waals surface area (Å²) in [6.45, 7) is 3.67. The minimum absolute atomic E-state index is 0.369. The number of aromatic amines is 1. The molecule has 5 heterocycles. The Hall–Kier alpha value is -3.89. The number of rotatable bonds is 4. The molecule has 11 nitrogen and oxygen atoms in total. The number of hydrogen-bond donors (Lipinski definition) is 1. The number of pyridine rings is 1. The van der Waals surface area contributed by atoms with Gasteiger partial charge in [0, 0.05) is 30.0 Å². The number of aryl methyl sites for hydroxylation is 1. The second-order valence-corrected chi connectivity index (χ2v) is 5.97. The van der Waals surface area contributed by atoms with Crippen molar-refractivity contribution in [3.63, 3.8) is 0 Å². The molecule has 0 aliphatic carbocycles. The number of ether oxygens (including phenoxy) is 1. The highest BCUT2D eigenvalue weighted by atomic mass is 16.5. The Morgan fingerprint density at radius 2 is 2.15 bits per heavy atom. The SMILES string of the molecule is Cc1cc(-c2nnc3c4ccncc4c(OC(C)c4c[nH]nn4)nn23)no1. The lowest BCUT2D eigenvalue weighted by atomic mass is 10.2. The molecule has 0 spiro atoms. The maximum Gasteiger partial charge on any atom is 0.242 e. The summed E-state index contributed by atoms with van der Waals surface area (Å²) in [4.78, 5) is 4.18. The summed E-state index contributed by atoms with van der Waals surface area (Å²) in [5.41, 5.74) is 1.77. The summed E-state index contributed by atoms with van der Waals surface area (Å²) in [6, 6.07) is 3.61. The number of hydrogen-bond acceptors (Lipinski definition) is 9. The van der Waals surface area contributed by atoms with Crippen molar-refractivity contribution in [2.24, 2.45) is 0 Å². The van der Waals surface area contributed by atoms with Crippen molar-refractivity contribution in [2.45, 2.75) is 20.0 Å². The number of fused-ring (bicyclic) bond motifs is 3. The third-order valence-corrected chi connectivity index (χ3v) is 4.12. The zero-order valence-corrected chi connectivity index (χ0v) is 14.4. The van der Waals surface area contributed by atoms with Gasteiger partial charge in [0.25, 0.3) is 0 Å². The van der Waals surface area contributed by atoms with E-state index in [1.54, 1.807) is 29.2 Å². The lowest BCUT2D eigenvalue weighted by Crippen LogP contribution is -2.08. The number of nitrogens with one attached hydrogen (secondary N) is 1. The molecule has 11 heteroatoms. The Bertz CT molecular complexity index is 1240. The van der Waals surface area contributed by atoms with Gasteiger partial charge in [0.1, 0.15) is 17.6 Å². The molecule has 1 N–H and O–H groups in total. The molecule has 0 saturated heterocycles. The average Bonchev–Trinajstić information content (AvgIpc) is 3.42. The van der Waals surface area contributed by atoms with Crippen molar-refractivity contribution >= 4 is 16.4 Å². The highest BCUT2D eigenvalue weighted by Crippen LogP contribution is 2.30. The molecule has 5 aromatic heterocycles. The Kier molecular flexibility index (Phi) is 3.32. The molecule has 1 atom stereocenters. The van der Waals surface area contributed by atoms with E-state index in [0.717, 1.165) is 10.8 Å². The molecular weight excluding hydrogens is 350 g/mol. The predicted octanol–water partition coefficient (Wildman–Crippen LogP) is 1.89. The van der Waals surface area contributed by atoms with Gasteiger partial charge in [0.05, 0.1) is 5.39 Å². The molecule has 0 bridgehead atoms. The normalized spacial score (nSPS) is 12.7. The van der Waals surface area contributed by atoms with Crippen molar-refractivity contribution in [3.8, 4) is 17.4 Å². The number of nitrogens with zero attached hydrogens (tertiary/aromatic N) is 8. The van der Waals surface area contributed by atoms with Crippen LogP contribution in [-0.2, 0) is 0 Å². The fraction of sp³-hybridized carbons (Fsp3) is 0.188. The van der Waals surface area contributed by atoms with Gasteiger partial charge in [-0.15, -0.1) is 20.4 Å². The fourth-order valence-corrected chi connectivity index (χ4v) is 2.80. The predicted molar refractivity (Wildman–Crippen MR) is 91.7 cm³/mol. The van der Waals surface area contributed by atoms with Gasteiger partial charge in [-0.2, -0.15) is 4.52 Å². The largest absolute Gasteiger partial charge is 0.466 e. The summed E-state index contributed by atoms with van der Waals surface area (Å²) >= 11 is 0. The van der Waals surface area contributed by atoms with Crippen LogP contribution in [0.15, 0.2) is 35.2 Å². The zero-order valence-electron chi connectivity index (χ0n) is 14.4. The van der Waals surface area contributed by atoms with Gasteiger partial charge >= 0.3 is 0 Å². The maximum absolute atomic E-state index is 6.05. The summed E-state index contributed by atoms with van der Waals surface area (Å²) in [5.74, 6) is 1.50. The van der Waals surface area contributed by atoms with Gasteiger partial charge in [-0.25, -0.2) is 0 Å². The molecule has 0 amide bonds. The first-order chi connectivity index (χ1) is 13.2. The summed E-state index contributed by atoms with van der Waals surface area (Å²) in [7, 11) is 0. The molecule has 0 radical (unpaired) electrons. The van der Waals surface area contributed by atoms with Crippen LogP contribution in [0.25, 0.3) is 27.9 Å². The van der Waals surface area contributed by atoms with Crippen molar-refractivity contribution in [2.75, 3.05) is 0 Å². The first-order valence-electron chi connectivity index (χ1n) is 8.16. The van der Waals surface area contributed by atoms with Crippen LogP contribution in [-0.4, -0.2) is 45.4 Å². The van der Waals surface area contributed by atoms with Crippen molar-refractivity contribution < 1.29 is 9.26 Å². The highest BCUT2D eigenvalue weighted by Gasteiger charge is 2.20. The van der Waals surface area contributed by atoms with Crippen LogP contribution in [0.3, 0.4) is 0 Å². The maximum atomic E-state index is 6.05. The lowest BCUT2D eigenvalue weighted by molar-refractivity contribution is 0.213. The van der Waals surface area contributed by atoms with Gasteiger partial charge in [-0.1, -0.05) is 10.4 Å². The Balaban J connectivity index is 1.71. The minimum Gasteiger partial charge on any atom is -0.466 e. The van der Waals surface area contributed by atoms with Crippen LogP contribution in [0.2, 0.25) is 0 Å². The van der Waals surface area contributed by atoms with Gasteiger partial charge in [-0.05, 0) is 19.9 Å². The molecule has 1 unspecified atom stereocenters. The third-order valence-electron chi connectivity index (χ3n) is 4.12. The van der Waals surface area contributed by atoms with E-state index in [1.165, 1.54) is 0 Å². The van der Waals surface area contributed by atoms with Crippen LogP contribution in [0.1, 0.15) is 24.5 Å². The first-order valence-corrected chi connectivity index (χ1v) is 8.16. The average molecular weight is 363 g/mol. The third kappa shape index (κ3) is 2.47. The van der Waals surface area contributed by atoms with Gasteiger partial charge < -0.3 is 9.26 Å². The topological polar surface area (TPSA) is 133 Å².